The molecule has 0 aliphatic rings. The Morgan fingerprint density at radius 3 is 2.19 bits per heavy atom. The number of hydrogen-bond donors (Lipinski definition) is 1. The van der Waals surface area contributed by atoms with Crippen molar-refractivity contribution in [3.05, 3.63) is 59.2 Å². The molecule has 0 fully saturated rings. The molecule has 5 heteroatoms. The first-order valence-corrected chi connectivity index (χ1v) is 9.17. The summed E-state index contributed by atoms with van der Waals surface area (Å²) in [5, 5.41) is 2.86. The van der Waals surface area contributed by atoms with E-state index in [9.17, 15) is 9.59 Å². The van der Waals surface area contributed by atoms with Gasteiger partial charge in [0.15, 0.2) is 17.3 Å². The van der Waals surface area contributed by atoms with Crippen molar-refractivity contribution in [3.63, 3.8) is 0 Å². The molecule has 1 N–H and O–H groups in total. The topological polar surface area (TPSA) is 64.6 Å². The number of carbonyl (C=O) groups excluding carboxylic acids is 2. The maximum absolute atomic E-state index is 12.2. The number of hydrogen-bond acceptors (Lipinski definition) is 4. The number of methoxy groups -OCH3 is 2. The molecule has 0 bridgehead atoms. The second kappa shape index (κ2) is 10.4. The van der Waals surface area contributed by atoms with E-state index in [4.69, 9.17) is 9.47 Å². The van der Waals surface area contributed by atoms with E-state index >= 15 is 0 Å². The molecule has 0 aromatic heterocycles. The lowest BCUT2D eigenvalue weighted by Crippen LogP contribution is -2.26. The van der Waals surface area contributed by atoms with Crippen molar-refractivity contribution in [2.45, 2.75) is 32.6 Å². The van der Waals surface area contributed by atoms with Gasteiger partial charge in [0, 0.05) is 24.9 Å². The largest absolute Gasteiger partial charge is 0.493 e. The number of ketones is 1. The number of aryl methyl sites for hydroxylation is 1. The van der Waals surface area contributed by atoms with Crippen LogP contribution in [0.4, 0.5) is 0 Å². The van der Waals surface area contributed by atoms with Crippen LogP contribution in [0, 0.1) is 0 Å². The van der Waals surface area contributed by atoms with Crippen molar-refractivity contribution in [1.82, 2.24) is 5.32 Å². The zero-order valence-electron chi connectivity index (χ0n) is 16.2. The summed E-state index contributed by atoms with van der Waals surface area (Å²) in [6.07, 6.45) is 2.03. The Morgan fingerprint density at radius 2 is 1.56 bits per heavy atom. The highest BCUT2D eigenvalue weighted by molar-refractivity contribution is 5.97. The van der Waals surface area contributed by atoms with Crippen LogP contribution in [-0.4, -0.2) is 32.5 Å². The summed E-state index contributed by atoms with van der Waals surface area (Å²) in [7, 11) is 3.19. The molecule has 2 rings (SSSR count). The molecule has 0 radical (unpaired) electrons. The van der Waals surface area contributed by atoms with Gasteiger partial charge in [-0.2, -0.15) is 0 Å². The van der Waals surface area contributed by atoms with E-state index in [0.717, 1.165) is 12.0 Å². The predicted molar refractivity (Wildman–Crippen MR) is 106 cm³/mol. The summed E-state index contributed by atoms with van der Waals surface area (Å²) in [5.41, 5.74) is 2.89. The fourth-order valence-corrected chi connectivity index (χ4v) is 2.77. The first-order valence-electron chi connectivity index (χ1n) is 9.17. The second-order valence-electron chi connectivity index (χ2n) is 6.26. The van der Waals surface area contributed by atoms with Gasteiger partial charge in [-0.05, 0) is 36.1 Å². The van der Waals surface area contributed by atoms with Crippen LogP contribution in [0.25, 0.3) is 0 Å². The first-order chi connectivity index (χ1) is 13.1. The number of nitrogens with one attached hydrogen (secondary N) is 1. The normalized spacial score (nSPS) is 10.3. The molecule has 1 amide bonds. The fourth-order valence-electron chi connectivity index (χ4n) is 2.77. The number of carbonyl (C=O) groups is 2. The van der Waals surface area contributed by atoms with Crippen LogP contribution in [-0.2, 0) is 17.6 Å². The minimum absolute atomic E-state index is 0.00676. The maximum atomic E-state index is 12.2. The predicted octanol–water partition coefficient (Wildman–Crippen LogP) is 3.59. The highest BCUT2D eigenvalue weighted by Gasteiger charge is 2.10. The van der Waals surface area contributed by atoms with Crippen LogP contribution >= 0.6 is 0 Å². The van der Waals surface area contributed by atoms with E-state index < -0.39 is 0 Å². The number of amides is 1. The number of ether oxygens (including phenoxy) is 2. The maximum Gasteiger partial charge on any atom is 0.220 e. The van der Waals surface area contributed by atoms with E-state index in [1.165, 1.54) is 5.56 Å². The van der Waals surface area contributed by atoms with Gasteiger partial charge in [-0.1, -0.05) is 37.3 Å². The van der Waals surface area contributed by atoms with Crippen LogP contribution in [0.2, 0.25) is 0 Å². The van der Waals surface area contributed by atoms with Gasteiger partial charge in [-0.25, -0.2) is 0 Å². The monoisotopic (exact) mass is 369 g/mol. The summed E-state index contributed by atoms with van der Waals surface area (Å²) in [6.45, 7) is 2.58. The van der Waals surface area contributed by atoms with Crippen molar-refractivity contribution in [3.8, 4) is 11.5 Å². The van der Waals surface area contributed by atoms with Gasteiger partial charge in [0.25, 0.3) is 0 Å². The smallest absolute Gasteiger partial charge is 0.220 e. The Morgan fingerprint density at radius 1 is 0.889 bits per heavy atom. The second-order valence-corrected chi connectivity index (χ2v) is 6.26. The molecule has 0 aliphatic carbocycles. The van der Waals surface area contributed by atoms with Gasteiger partial charge in [-0.3, -0.25) is 9.59 Å². The lowest BCUT2D eigenvalue weighted by Gasteiger charge is -2.10. The number of Topliss-reactive ketones (excluding diaryl/α,β-unsaturated/α-hetero) is 1. The van der Waals surface area contributed by atoms with E-state index in [1.54, 1.807) is 14.2 Å². The molecule has 0 atom stereocenters. The number of benzene rings is 2. The van der Waals surface area contributed by atoms with Crippen LogP contribution < -0.4 is 14.8 Å². The molecule has 5 nitrogen and oxygen atoms in total. The molecule has 0 heterocycles. The van der Waals surface area contributed by atoms with Crippen molar-refractivity contribution in [1.29, 1.82) is 0 Å². The Hall–Kier alpha value is -2.82. The highest BCUT2D eigenvalue weighted by Crippen LogP contribution is 2.27. The molecule has 144 valence electrons. The third-order valence-electron chi connectivity index (χ3n) is 4.45. The first kappa shape index (κ1) is 20.5. The van der Waals surface area contributed by atoms with E-state index in [0.29, 0.717) is 30.0 Å². The highest BCUT2D eigenvalue weighted by atomic mass is 16.5. The molecule has 0 saturated carbocycles. The van der Waals surface area contributed by atoms with E-state index in [-0.39, 0.29) is 24.5 Å². The van der Waals surface area contributed by atoms with Gasteiger partial charge in [0.2, 0.25) is 5.91 Å². The van der Waals surface area contributed by atoms with Crippen molar-refractivity contribution < 1.29 is 19.1 Å². The van der Waals surface area contributed by atoms with Crippen LogP contribution in [0.3, 0.4) is 0 Å². The summed E-state index contributed by atoms with van der Waals surface area (Å²) in [4.78, 5) is 24.2. The quantitative estimate of drug-likeness (QED) is 0.650. The Bertz CT molecular complexity index is 768. The zero-order chi connectivity index (χ0) is 19.6. The third-order valence-corrected chi connectivity index (χ3v) is 4.45. The van der Waals surface area contributed by atoms with Gasteiger partial charge in [-0.15, -0.1) is 0 Å². The minimum atomic E-state index is -0.117. The molecular weight excluding hydrogens is 342 g/mol. The molecule has 2 aromatic carbocycles. The molecule has 0 spiro atoms. The Balaban J connectivity index is 1.75. The van der Waals surface area contributed by atoms with Gasteiger partial charge in [0.1, 0.15) is 0 Å². The molecule has 0 unspecified atom stereocenters. The zero-order valence-corrected chi connectivity index (χ0v) is 16.2. The summed E-state index contributed by atoms with van der Waals surface area (Å²) >= 11 is 0. The molecule has 27 heavy (non-hydrogen) atoms. The average molecular weight is 369 g/mol. The molecule has 0 saturated heterocycles. The van der Waals surface area contributed by atoms with Gasteiger partial charge < -0.3 is 14.8 Å². The lowest BCUT2D eigenvalue weighted by atomic mass is 10.0. The fraction of sp³-hybridized carbons (Fsp3) is 0.364. The minimum Gasteiger partial charge on any atom is -0.493 e. The number of rotatable bonds is 10. The van der Waals surface area contributed by atoms with Crippen LogP contribution in [0.1, 0.15) is 41.3 Å². The standard InChI is InChI=1S/C22H27NO4/c1-4-16-5-8-18(9-6-16)19(24)10-12-22(25)23-14-13-17-7-11-20(26-2)21(15-17)27-3/h5-9,11,15H,4,10,12-14H2,1-3H3,(H,23,25). The molecule has 0 aliphatic heterocycles. The summed E-state index contributed by atoms with van der Waals surface area (Å²) in [6, 6.07) is 13.3. The molecule has 2 aromatic rings. The SMILES string of the molecule is CCc1ccc(C(=O)CCC(=O)NCCc2ccc(OC)c(OC)c2)cc1. The lowest BCUT2D eigenvalue weighted by molar-refractivity contribution is -0.121. The van der Waals surface area contributed by atoms with Gasteiger partial charge in [0.05, 0.1) is 14.2 Å². The van der Waals surface area contributed by atoms with Crippen molar-refractivity contribution >= 4 is 11.7 Å². The van der Waals surface area contributed by atoms with Crippen LogP contribution in [0.15, 0.2) is 42.5 Å². The van der Waals surface area contributed by atoms with E-state index in [2.05, 4.69) is 12.2 Å². The van der Waals surface area contributed by atoms with Crippen LogP contribution in [0.5, 0.6) is 11.5 Å². The average Bonchev–Trinajstić information content (AvgIpc) is 2.71. The molecular formula is C22H27NO4. The summed E-state index contributed by atoms with van der Waals surface area (Å²) in [5.74, 6) is 1.22. The third kappa shape index (κ3) is 6.13. The Kier molecular flexibility index (Phi) is 7.86. The van der Waals surface area contributed by atoms with Crippen molar-refractivity contribution in [2.24, 2.45) is 0 Å². The van der Waals surface area contributed by atoms with E-state index in [1.807, 2.05) is 42.5 Å². The Labute approximate surface area is 160 Å². The van der Waals surface area contributed by atoms with Crippen molar-refractivity contribution in [2.75, 3.05) is 20.8 Å². The van der Waals surface area contributed by atoms with Gasteiger partial charge >= 0.3 is 0 Å². The summed E-state index contributed by atoms with van der Waals surface area (Å²) < 4.78 is 10.5.